The first-order valence-electron chi connectivity index (χ1n) is 14.6. The van der Waals surface area contributed by atoms with Gasteiger partial charge in [-0.25, -0.2) is 0 Å². The fraction of sp³-hybridized carbons (Fsp3) is 0.0811. The second-order valence-electron chi connectivity index (χ2n) is 10.1. The van der Waals surface area contributed by atoms with Crippen molar-refractivity contribution in [2.45, 2.75) is 10.1 Å². The molecule has 0 aliphatic heterocycles. The quantitative estimate of drug-likeness (QED) is 0.0991. The third-order valence-electron chi connectivity index (χ3n) is 6.88. The molecule has 1 heterocycles. The van der Waals surface area contributed by atoms with E-state index in [2.05, 4.69) is 20.9 Å². The number of pyridine rings is 1. The van der Waals surface area contributed by atoms with Gasteiger partial charge in [-0.3, -0.25) is 19.4 Å². The summed E-state index contributed by atoms with van der Waals surface area (Å²) >= 11 is 1.33. The lowest BCUT2D eigenvalue weighted by molar-refractivity contribution is -0.116. The highest BCUT2D eigenvalue weighted by Gasteiger charge is 2.24. The molecule has 0 radical (unpaired) electrons. The highest BCUT2D eigenvalue weighted by atomic mass is 32.2. The van der Waals surface area contributed by atoms with Crippen LogP contribution in [0.25, 0.3) is 6.08 Å². The molecule has 3 amide bonds. The lowest BCUT2D eigenvalue weighted by Gasteiger charge is -2.19. The number of carbonyl (C=O) groups excluding carboxylic acids is 3. The Hall–Kier alpha value is -5.87. The van der Waals surface area contributed by atoms with Gasteiger partial charge in [-0.15, -0.1) is 11.8 Å². The maximum absolute atomic E-state index is 13.7. The lowest BCUT2D eigenvalue weighted by atomic mass is 10.1. The van der Waals surface area contributed by atoms with E-state index in [9.17, 15) is 14.4 Å². The van der Waals surface area contributed by atoms with E-state index >= 15 is 0 Å². The minimum absolute atomic E-state index is 0.0416. The van der Waals surface area contributed by atoms with E-state index in [-0.39, 0.29) is 11.6 Å². The molecule has 5 rings (SSSR count). The summed E-state index contributed by atoms with van der Waals surface area (Å²) < 4.78 is 10.8. The molecule has 0 fully saturated rings. The molecule has 0 aliphatic rings. The van der Waals surface area contributed by atoms with E-state index in [0.717, 1.165) is 10.5 Å². The monoisotopic (exact) mass is 644 g/mol. The van der Waals surface area contributed by atoms with Crippen molar-refractivity contribution in [2.24, 2.45) is 0 Å². The van der Waals surface area contributed by atoms with E-state index in [0.29, 0.717) is 34.0 Å². The molecule has 236 valence electrons. The molecule has 1 atom stereocenters. The summed E-state index contributed by atoms with van der Waals surface area (Å²) in [6.07, 6.45) is 4.78. The summed E-state index contributed by atoms with van der Waals surface area (Å²) in [5, 5.41) is 7.96. The summed E-state index contributed by atoms with van der Waals surface area (Å²) in [5.74, 6) is -0.140. The Balaban J connectivity index is 1.37. The van der Waals surface area contributed by atoms with Gasteiger partial charge in [-0.2, -0.15) is 0 Å². The number of methoxy groups -OCH3 is 2. The normalized spacial score (nSPS) is 11.6. The van der Waals surface area contributed by atoms with Crippen LogP contribution in [0.1, 0.15) is 26.7 Å². The smallest absolute Gasteiger partial charge is 0.272 e. The second kappa shape index (κ2) is 15.9. The third kappa shape index (κ3) is 8.86. The first kappa shape index (κ1) is 32.5. The van der Waals surface area contributed by atoms with Crippen molar-refractivity contribution in [3.05, 3.63) is 150 Å². The van der Waals surface area contributed by atoms with Crippen molar-refractivity contribution >= 4 is 46.9 Å². The van der Waals surface area contributed by atoms with Crippen molar-refractivity contribution in [1.29, 1.82) is 0 Å². The van der Waals surface area contributed by atoms with Crippen molar-refractivity contribution in [2.75, 3.05) is 24.9 Å². The Bertz CT molecular complexity index is 1870. The van der Waals surface area contributed by atoms with E-state index < -0.39 is 17.1 Å². The Labute approximate surface area is 277 Å². The number of thioether (sulfide) groups is 1. The van der Waals surface area contributed by atoms with Crippen LogP contribution in [-0.4, -0.2) is 36.9 Å². The highest BCUT2D eigenvalue weighted by molar-refractivity contribution is 8.00. The lowest BCUT2D eigenvalue weighted by Crippen LogP contribution is -2.30. The van der Waals surface area contributed by atoms with Gasteiger partial charge in [0, 0.05) is 34.6 Å². The minimum Gasteiger partial charge on any atom is -0.497 e. The molecule has 1 unspecified atom stereocenters. The summed E-state index contributed by atoms with van der Waals surface area (Å²) in [6, 6.07) is 33.9. The Morgan fingerprint density at radius 3 is 2.26 bits per heavy atom. The number of amides is 3. The molecule has 0 saturated carbocycles. The molecule has 0 saturated heterocycles. The van der Waals surface area contributed by atoms with Crippen LogP contribution < -0.4 is 25.4 Å². The standard InChI is InChI=1S/C37H32N4O5S/c1-45-29-18-19-31(33(23-29)46-2)40-37(44)34(26-12-5-3-6-13-26)47-30-17-9-16-28(22-30)39-36(43)32(21-25-11-10-20-38-24-25)41-35(42)27-14-7-4-8-15-27/h3-24,34H,1-2H3,(H,39,43)(H,40,44)(H,41,42)/b32-21-. The van der Waals surface area contributed by atoms with Gasteiger partial charge in [0.1, 0.15) is 22.4 Å². The van der Waals surface area contributed by atoms with Crippen LogP contribution in [0.4, 0.5) is 11.4 Å². The number of anilines is 2. The Kier molecular flexibility index (Phi) is 11.0. The first-order chi connectivity index (χ1) is 22.9. The van der Waals surface area contributed by atoms with Crippen LogP contribution in [-0.2, 0) is 9.59 Å². The summed E-state index contributed by atoms with van der Waals surface area (Å²) in [4.78, 5) is 45.1. The molecule has 3 N–H and O–H groups in total. The number of rotatable bonds is 12. The van der Waals surface area contributed by atoms with Gasteiger partial charge >= 0.3 is 0 Å². The fourth-order valence-electron chi connectivity index (χ4n) is 4.55. The summed E-state index contributed by atoms with van der Waals surface area (Å²) in [6.45, 7) is 0. The van der Waals surface area contributed by atoms with Crippen LogP contribution in [0.15, 0.2) is 138 Å². The number of nitrogens with one attached hydrogen (secondary N) is 3. The number of benzene rings is 4. The van der Waals surface area contributed by atoms with E-state index in [1.165, 1.54) is 18.9 Å². The van der Waals surface area contributed by atoms with Crippen molar-refractivity contribution in [3.8, 4) is 11.5 Å². The third-order valence-corrected chi connectivity index (χ3v) is 8.13. The van der Waals surface area contributed by atoms with Crippen molar-refractivity contribution < 1.29 is 23.9 Å². The average Bonchev–Trinajstić information content (AvgIpc) is 3.11. The number of hydrogen-bond donors (Lipinski definition) is 3. The second-order valence-corrected chi connectivity index (χ2v) is 11.3. The topological polar surface area (TPSA) is 119 Å². The number of ether oxygens (including phenoxy) is 2. The molecule has 4 aromatic carbocycles. The van der Waals surface area contributed by atoms with E-state index in [4.69, 9.17) is 9.47 Å². The Morgan fingerprint density at radius 2 is 1.55 bits per heavy atom. The van der Waals surface area contributed by atoms with Crippen molar-refractivity contribution in [3.63, 3.8) is 0 Å². The van der Waals surface area contributed by atoms with Gasteiger partial charge in [-0.1, -0.05) is 60.7 Å². The van der Waals surface area contributed by atoms with Crippen LogP contribution in [0, 0.1) is 0 Å². The zero-order valence-corrected chi connectivity index (χ0v) is 26.5. The Morgan fingerprint density at radius 1 is 0.787 bits per heavy atom. The molecule has 0 bridgehead atoms. The zero-order chi connectivity index (χ0) is 33.0. The largest absolute Gasteiger partial charge is 0.497 e. The predicted molar refractivity (Wildman–Crippen MR) is 184 cm³/mol. The SMILES string of the molecule is COc1ccc(NC(=O)C(Sc2cccc(NC(=O)/C(=C/c3cccnc3)NC(=O)c3ccccc3)c2)c2ccccc2)c(OC)c1. The maximum atomic E-state index is 13.7. The number of hydrogen-bond acceptors (Lipinski definition) is 7. The van der Waals surface area contributed by atoms with Gasteiger partial charge in [0.05, 0.1) is 19.9 Å². The van der Waals surface area contributed by atoms with Gasteiger partial charge < -0.3 is 25.4 Å². The van der Waals surface area contributed by atoms with E-state index in [1.807, 2.05) is 42.5 Å². The van der Waals surface area contributed by atoms with Gasteiger partial charge in [0.2, 0.25) is 5.91 Å². The summed E-state index contributed by atoms with van der Waals surface area (Å²) in [5.41, 5.74) is 2.87. The maximum Gasteiger partial charge on any atom is 0.272 e. The molecule has 9 nitrogen and oxygen atoms in total. The van der Waals surface area contributed by atoms with Crippen LogP contribution in [0.5, 0.6) is 11.5 Å². The summed E-state index contributed by atoms with van der Waals surface area (Å²) in [7, 11) is 3.09. The number of carbonyl (C=O) groups is 3. The molecule has 47 heavy (non-hydrogen) atoms. The first-order valence-corrected chi connectivity index (χ1v) is 15.5. The molecule has 10 heteroatoms. The number of aromatic nitrogens is 1. The molecule has 0 aliphatic carbocycles. The van der Waals surface area contributed by atoms with Gasteiger partial charge in [-0.05, 0) is 65.7 Å². The molecular weight excluding hydrogens is 612 g/mol. The minimum atomic E-state index is -0.639. The van der Waals surface area contributed by atoms with Crippen LogP contribution in [0.2, 0.25) is 0 Å². The fourth-order valence-corrected chi connectivity index (χ4v) is 5.64. The highest BCUT2D eigenvalue weighted by Crippen LogP contribution is 2.38. The molecule has 5 aromatic rings. The number of nitrogens with zero attached hydrogens (tertiary/aromatic N) is 1. The predicted octanol–water partition coefficient (Wildman–Crippen LogP) is 6.98. The molecule has 1 aromatic heterocycles. The average molecular weight is 645 g/mol. The van der Waals surface area contributed by atoms with Gasteiger partial charge in [0.15, 0.2) is 0 Å². The van der Waals surface area contributed by atoms with Crippen molar-refractivity contribution in [1.82, 2.24) is 10.3 Å². The zero-order valence-electron chi connectivity index (χ0n) is 25.7. The molecular formula is C37H32N4O5S. The van der Waals surface area contributed by atoms with Gasteiger partial charge in [0.25, 0.3) is 11.8 Å². The van der Waals surface area contributed by atoms with Crippen LogP contribution in [0.3, 0.4) is 0 Å². The van der Waals surface area contributed by atoms with E-state index in [1.54, 1.807) is 98.4 Å². The van der Waals surface area contributed by atoms with Crippen LogP contribution >= 0.6 is 11.8 Å². The molecule has 0 spiro atoms.